The van der Waals surface area contributed by atoms with E-state index in [1.807, 2.05) is 62.0 Å². The van der Waals surface area contributed by atoms with Crippen molar-refractivity contribution < 1.29 is 52.1 Å². The van der Waals surface area contributed by atoms with Crippen molar-refractivity contribution in [3.63, 3.8) is 0 Å². The number of nitrogens with zero attached hydrogens (tertiary/aromatic N) is 8. The second-order valence-corrected chi connectivity index (χ2v) is 23.4. The lowest BCUT2D eigenvalue weighted by Gasteiger charge is -2.35. The van der Waals surface area contributed by atoms with Gasteiger partial charge in [-0.1, -0.05) is 70.0 Å². The molecule has 0 radical (unpaired) electrons. The lowest BCUT2D eigenvalue weighted by Crippen LogP contribution is -2.57. The van der Waals surface area contributed by atoms with Gasteiger partial charge in [0, 0.05) is 95.3 Å². The number of carbonyl (C=O) groups is 5. The maximum atomic E-state index is 14.1. The van der Waals surface area contributed by atoms with Crippen LogP contribution < -0.4 is 21.3 Å². The Morgan fingerprint density at radius 1 is 0.793 bits per heavy atom. The Labute approximate surface area is 511 Å². The monoisotopic (exact) mass is 1220 g/mol. The van der Waals surface area contributed by atoms with Gasteiger partial charge in [0.1, 0.15) is 35.7 Å². The molecule has 1 aliphatic rings. The van der Waals surface area contributed by atoms with Crippen molar-refractivity contribution in [1.82, 2.24) is 55.5 Å². The lowest BCUT2D eigenvalue weighted by atomic mass is 9.85. The van der Waals surface area contributed by atoms with E-state index in [1.54, 1.807) is 59.8 Å². The molecule has 5 amide bonds. The molecule has 7 rings (SSSR count). The summed E-state index contributed by atoms with van der Waals surface area (Å²) >= 11 is 1.57. The molecule has 3 aromatic heterocycles. The zero-order valence-electron chi connectivity index (χ0n) is 50.4. The fourth-order valence-electron chi connectivity index (χ4n) is 9.90. The third-order valence-electron chi connectivity index (χ3n) is 14.8. The summed E-state index contributed by atoms with van der Waals surface area (Å²) in [6.45, 7) is 11.6. The Balaban J connectivity index is 0.696. The predicted octanol–water partition coefficient (Wildman–Crippen LogP) is 7.82. The fraction of sp³-hybridized carbons (Fsp3) is 0.492. The summed E-state index contributed by atoms with van der Waals surface area (Å²) in [6.07, 6.45) is 8.12. The molecule has 3 atom stereocenters. The summed E-state index contributed by atoms with van der Waals surface area (Å²) in [5, 5.41) is 31.2. The number of unbranched alkanes of at least 4 members (excludes halogenated alkanes) is 4. The minimum absolute atomic E-state index is 0.00695. The Hall–Kier alpha value is -7.64. The molecule has 1 fully saturated rings. The average molecular weight is 1220 g/mol. The Bertz CT molecular complexity index is 3140. The summed E-state index contributed by atoms with van der Waals surface area (Å²) in [5.41, 5.74) is 5.36. The fourth-order valence-corrected chi connectivity index (χ4v) is 10.7. The van der Waals surface area contributed by atoms with Crippen LogP contribution >= 0.6 is 11.3 Å². The molecule has 21 nitrogen and oxygen atoms in total. The number of aliphatic hydroxyl groups is 1. The van der Waals surface area contributed by atoms with E-state index in [2.05, 4.69) is 46.4 Å². The Morgan fingerprint density at radius 3 is 2.15 bits per heavy atom. The van der Waals surface area contributed by atoms with E-state index in [4.69, 9.17) is 14.2 Å². The van der Waals surface area contributed by atoms with Gasteiger partial charge in [0.2, 0.25) is 23.6 Å². The molecular formula is C63H82F2N12O9S. The molecule has 87 heavy (non-hydrogen) atoms. The van der Waals surface area contributed by atoms with Gasteiger partial charge >= 0.3 is 0 Å². The van der Waals surface area contributed by atoms with Crippen LogP contribution in [-0.4, -0.2) is 152 Å². The van der Waals surface area contributed by atoms with Crippen LogP contribution in [0, 0.1) is 24.0 Å². The van der Waals surface area contributed by atoms with E-state index >= 15 is 0 Å². The van der Waals surface area contributed by atoms with Crippen LogP contribution in [0.5, 0.6) is 0 Å². The van der Waals surface area contributed by atoms with Gasteiger partial charge in [0.15, 0.2) is 11.6 Å². The van der Waals surface area contributed by atoms with Gasteiger partial charge in [-0.3, -0.25) is 24.0 Å². The number of benzene rings is 3. The largest absolute Gasteiger partial charge is 0.391 e. The normalized spacial score (nSPS) is 14.4. The highest BCUT2D eigenvalue weighted by molar-refractivity contribution is 7.13. The summed E-state index contributed by atoms with van der Waals surface area (Å²) in [5.74, 6) is -1.76. The molecule has 0 aliphatic carbocycles. The third-order valence-corrected chi connectivity index (χ3v) is 15.8. The number of anilines is 1. The minimum Gasteiger partial charge on any atom is -0.391 e. The molecule has 3 aromatic carbocycles. The number of rotatable bonds is 35. The number of hydrogen-bond acceptors (Lipinski definition) is 16. The van der Waals surface area contributed by atoms with Crippen LogP contribution in [0.3, 0.4) is 0 Å². The average Bonchev–Trinajstić information content (AvgIpc) is 3.11. The molecule has 4 heterocycles. The first-order valence-corrected chi connectivity index (χ1v) is 30.6. The molecule has 24 heteroatoms. The van der Waals surface area contributed by atoms with Crippen LogP contribution in [-0.2, 0) is 59.6 Å². The number of carbonyl (C=O) groups excluding carboxylic acids is 5. The molecule has 1 saturated heterocycles. The van der Waals surface area contributed by atoms with E-state index in [0.29, 0.717) is 101 Å². The number of β-amino-alcohol motifs (C(OH)–C–C–N with tert-alkyl or cyclic N) is 1. The van der Waals surface area contributed by atoms with E-state index in [0.717, 1.165) is 65.9 Å². The van der Waals surface area contributed by atoms with Crippen LogP contribution in [0.25, 0.3) is 22.0 Å². The number of aliphatic hydroxyl groups excluding tert-OH is 1. The molecular weight excluding hydrogens is 1140 g/mol. The summed E-state index contributed by atoms with van der Waals surface area (Å²) in [7, 11) is 1.80. The van der Waals surface area contributed by atoms with E-state index in [1.165, 1.54) is 17.3 Å². The van der Waals surface area contributed by atoms with E-state index in [-0.39, 0.29) is 62.3 Å². The van der Waals surface area contributed by atoms with Crippen molar-refractivity contribution in [2.24, 2.45) is 5.41 Å². The first-order chi connectivity index (χ1) is 42.0. The van der Waals surface area contributed by atoms with Gasteiger partial charge in [-0.05, 0) is 92.0 Å². The number of ether oxygens (including phenoxy) is 3. The van der Waals surface area contributed by atoms with Crippen LogP contribution in [0.4, 0.5) is 14.5 Å². The van der Waals surface area contributed by atoms with Gasteiger partial charge in [-0.15, -0.1) is 21.5 Å². The number of halogens is 2. The number of likely N-dealkylation sites (tertiary alicyclic amines) is 1. The van der Waals surface area contributed by atoms with Crippen molar-refractivity contribution in [3.05, 3.63) is 131 Å². The topological polar surface area (TPSA) is 257 Å². The summed E-state index contributed by atoms with van der Waals surface area (Å²) in [4.78, 5) is 83.5. The van der Waals surface area contributed by atoms with Crippen molar-refractivity contribution >= 4 is 46.6 Å². The van der Waals surface area contributed by atoms with Crippen LogP contribution in [0.15, 0.2) is 90.8 Å². The number of amides is 5. The quantitative estimate of drug-likeness (QED) is 0.0238. The van der Waals surface area contributed by atoms with Gasteiger partial charge in [0.05, 0.1) is 55.2 Å². The smallest absolute Gasteiger partial charge is 0.251 e. The third kappa shape index (κ3) is 20.8. The first kappa shape index (κ1) is 66.9. The summed E-state index contributed by atoms with van der Waals surface area (Å²) < 4.78 is 47.3. The highest BCUT2D eigenvalue weighted by Gasteiger charge is 2.44. The van der Waals surface area contributed by atoms with Crippen LogP contribution in [0.2, 0.25) is 0 Å². The Morgan fingerprint density at radius 2 is 1.48 bits per heavy atom. The molecule has 0 bridgehead atoms. The zero-order valence-corrected chi connectivity index (χ0v) is 51.2. The first-order valence-electron chi connectivity index (χ1n) is 29.7. The zero-order chi connectivity index (χ0) is 62.1. The second-order valence-electron chi connectivity index (χ2n) is 22.6. The highest BCUT2D eigenvalue weighted by atomic mass is 32.1. The molecule has 5 N–H and O–H groups in total. The number of thiazole rings is 1. The molecule has 1 aliphatic heterocycles. The van der Waals surface area contributed by atoms with E-state index in [9.17, 15) is 37.9 Å². The Kier molecular flexibility index (Phi) is 26.2. The number of aryl methyl sites for hydroxylation is 1. The van der Waals surface area contributed by atoms with Gasteiger partial charge in [-0.2, -0.15) is 0 Å². The SMILES string of the molecule is Cc1ncsc1-c1ccc(CNC(=O)C2C[C@@H](O)CN2C(=O)[C@@H](NC(=O)CCCCCOCCOCCOCCCCCC(=O)N(C)CCCn2c(CNc3cccc(C(=O)NCc4c(F)cccc4F)c3)nnc2-c2ccncn2)C(C)(C)C)cc1. The lowest BCUT2D eigenvalue weighted by molar-refractivity contribution is -0.144. The van der Waals surface area contributed by atoms with Crippen molar-refractivity contribution in [2.45, 2.75) is 136 Å². The van der Waals surface area contributed by atoms with Crippen molar-refractivity contribution in [3.8, 4) is 22.0 Å². The predicted molar refractivity (Wildman–Crippen MR) is 326 cm³/mol. The highest BCUT2D eigenvalue weighted by Crippen LogP contribution is 2.29. The minimum atomic E-state index is -0.889. The maximum Gasteiger partial charge on any atom is 0.251 e. The van der Waals surface area contributed by atoms with Gasteiger partial charge in [0.25, 0.3) is 5.91 Å². The maximum absolute atomic E-state index is 14.1. The molecule has 468 valence electrons. The van der Waals surface area contributed by atoms with Crippen molar-refractivity contribution in [2.75, 3.05) is 65.1 Å². The number of nitrogens with one attached hydrogen (secondary N) is 4. The summed E-state index contributed by atoms with van der Waals surface area (Å²) in [6, 6.07) is 18.2. The molecule has 0 spiro atoms. The molecule has 6 aromatic rings. The van der Waals surface area contributed by atoms with Crippen LogP contribution in [0.1, 0.15) is 118 Å². The van der Waals surface area contributed by atoms with Crippen molar-refractivity contribution in [1.29, 1.82) is 0 Å². The van der Waals surface area contributed by atoms with Gasteiger partial charge < -0.3 is 55.0 Å². The second kappa shape index (κ2) is 34.0. The van der Waals surface area contributed by atoms with Gasteiger partial charge in [-0.25, -0.2) is 23.7 Å². The number of aromatic nitrogens is 6. The standard InChI is InChI=1S/C63H82F2N12O9S/c1-43-57(87-42-71-43)45-23-21-44(22-24-45)37-68-61(82)53-36-48(78)40-77(53)62(83)58(63(2,3)4)72-55(79)19-8-6-10-29-84-31-33-86-34-32-85-30-11-7-9-20-56(80)75(5)27-14-28-76-54(73-74-59(76)52-25-26-66-41-70-52)39-67-47-16-12-15-46(35-47)60(81)69-38-49-50(64)17-13-18-51(49)65/h12-13,15-18,21-26,35,41-42,48,53,58,67,78H,6-11,14,19-20,27-34,36-40H2,1-5H3,(H,68,82)(H,69,81)(H,72,79)/t48-,53?,58-/m1/s1. The molecule has 1 unspecified atom stereocenters. The number of hydrogen-bond donors (Lipinski definition) is 5. The molecule has 0 saturated carbocycles. The van der Waals surface area contributed by atoms with E-state index < -0.39 is 47.1 Å².